The molecule has 0 aliphatic carbocycles. The fourth-order valence-corrected chi connectivity index (χ4v) is 3.75. The van der Waals surface area contributed by atoms with E-state index in [0.717, 1.165) is 41.2 Å². The molecule has 3 aromatic rings. The van der Waals surface area contributed by atoms with E-state index >= 15 is 0 Å². The van der Waals surface area contributed by atoms with Gasteiger partial charge in [-0.05, 0) is 56.1 Å². The number of hydrogen-bond acceptors (Lipinski definition) is 5. The highest BCUT2D eigenvalue weighted by Gasteiger charge is 2.38. The summed E-state index contributed by atoms with van der Waals surface area (Å²) in [7, 11) is 5.81. The van der Waals surface area contributed by atoms with E-state index in [-0.39, 0.29) is 11.8 Å². The minimum Gasteiger partial charge on any atom is -0.475 e. The van der Waals surface area contributed by atoms with Crippen LogP contribution in [0.1, 0.15) is 37.7 Å². The van der Waals surface area contributed by atoms with Gasteiger partial charge >= 0.3 is 12.1 Å². The zero-order chi connectivity index (χ0) is 29.4. The van der Waals surface area contributed by atoms with E-state index in [4.69, 9.17) is 9.90 Å². The summed E-state index contributed by atoms with van der Waals surface area (Å²) >= 11 is 0. The Labute approximate surface area is 229 Å². The standard InChI is InChI=1S/C26H29N5O2.C2HF3O2/c1-30(2)14-15-31(3)26(33)19-7-4-18(5-8-19)6-9-21-16-20(10-12-27-21)24-17-22-23(29-24)11-13-28-25(22)32;3-2(4,5)1(6)7/h4-10,12,16-17,29H,11,13-15H2,1-3H3,(H,28,32);(H,6,7)/b9-6+;. The van der Waals surface area contributed by atoms with E-state index in [1.165, 1.54) is 0 Å². The van der Waals surface area contributed by atoms with Crippen LogP contribution in [0.5, 0.6) is 0 Å². The number of likely N-dealkylation sites (N-methyl/N-ethyl adjacent to an activating group) is 2. The third-order valence-corrected chi connectivity index (χ3v) is 5.97. The van der Waals surface area contributed by atoms with E-state index in [1.807, 2.05) is 75.8 Å². The molecular formula is C28H30F3N5O4. The highest BCUT2D eigenvalue weighted by Crippen LogP contribution is 2.24. The molecule has 40 heavy (non-hydrogen) atoms. The Morgan fingerprint density at radius 1 is 1.05 bits per heavy atom. The number of carbonyl (C=O) groups is 3. The number of H-pyrrole nitrogens is 1. The molecule has 9 nitrogen and oxygen atoms in total. The third kappa shape index (κ3) is 8.27. The Bertz CT molecular complexity index is 1380. The molecular weight excluding hydrogens is 527 g/mol. The lowest BCUT2D eigenvalue weighted by Crippen LogP contribution is -2.33. The molecule has 0 saturated carbocycles. The van der Waals surface area contributed by atoms with E-state index in [2.05, 4.69) is 20.2 Å². The molecule has 212 valence electrons. The number of amides is 2. The lowest BCUT2D eigenvalue weighted by atomic mass is 10.1. The number of fused-ring (bicyclic) bond motifs is 1. The largest absolute Gasteiger partial charge is 0.490 e. The molecule has 0 fully saturated rings. The number of aromatic amines is 1. The van der Waals surface area contributed by atoms with Gasteiger partial charge < -0.3 is 25.2 Å². The molecule has 3 heterocycles. The molecule has 1 aliphatic heterocycles. The Morgan fingerprint density at radius 2 is 1.73 bits per heavy atom. The van der Waals surface area contributed by atoms with Crippen LogP contribution in [0.15, 0.2) is 48.7 Å². The van der Waals surface area contributed by atoms with E-state index in [1.54, 1.807) is 11.1 Å². The van der Waals surface area contributed by atoms with E-state index < -0.39 is 12.1 Å². The fraction of sp³-hybridized carbons (Fsp3) is 0.286. The number of carboxylic acid groups (broad SMARTS) is 1. The van der Waals surface area contributed by atoms with Gasteiger partial charge in [0.25, 0.3) is 11.8 Å². The maximum absolute atomic E-state index is 12.6. The molecule has 2 aromatic heterocycles. The second-order valence-corrected chi connectivity index (χ2v) is 9.34. The van der Waals surface area contributed by atoms with Gasteiger partial charge in [-0.1, -0.05) is 18.2 Å². The molecule has 4 rings (SSSR count). The number of carbonyl (C=O) groups excluding carboxylic acids is 2. The first-order chi connectivity index (χ1) is 18.8. The van der Waals surface area contributed by atoms with Crippen molar-refractivity contribution in [1.29, 1.82) is 0 Å². The van der Waals surface area contributed by atoms with Gasteiger partial charge in [0.05, 0.1) is 11.3 Å². The molecule has 2 amide bonds. The summed E-state index contributed by atoms with van der Waals surface area (Å²) in [6, 6.07) is 13.4. The van der Waals surface area contributed by atoms with Gasteiger partial charge in [-0.3, -0.25) is 14.6 Å². The first kappa shape index (κ1) is 30.1. The molecule has 0 atom stereocenters. The van der Waals surface area contributed by atoms with Gasteiger partial charge in [0, 0.05) is 61.8 Å². The summed E-state index contributed by atoms with van der Waals surface area (Å²) in [6.07, 6.45) is 1.41. The fourth-order valence-electron chi connectivity index (χ4n) is 3.75. The molecule has 0 bridgehead atoms. The second kappa shape index (κ2) is 13.1. The second-order valence-electron chi connectivity index (χ2n) is 9.34. The number of alkyl halides is 3. The monoisotopic (exact) mass is 557 g/mol. The molecule has 12 heteroatoms. The van der Waals surface area contributed by atoms with Crippen LogP contribution in [0.25, 0.3) is 23.4 Å². The van der Waals surface area contributed by atoms with Gasteiger partial charge in [-0.2, -0.15) is 13.2 Å². The SMILES string of the molecule is CN(C)CCN(C)C(=O)c1ccc(/C=C/c2cc(-c3cc4c([nH]3)CCNC4=O)ccn2)cc1.O=C(O)C(F)(F)F. The highest BCUT2D eigenvalue weighted by atomic mass is 19.4. The van der Waals surface area contributed by atoms with Crippen LogP contribution in [0.2, 0.25) is 0 Å². The number of aromatic nitrogens is 2. The van der Waals surface area contributed by atoms with Crippen molar-refractivity contribution >= 4 is 29.9 Å². The van der Waals surface area contributed by atoms with Crippen LogP contribution in [0, 0.1) is 0 Å². The molecule has 0 unspecified atom stereocenters. The number of pyridine rings is 1. The summed E-state index contributed by atoms with van der Waals surface area (Å²) in [4.78, 5) is 45.1. The highest BCUT2D eigenvalue weighted by molar-refractivity contribution is 5.98. The van der Waals surface area contributed by atoms with Crippen LogP contribution in [0.3, 0.4) is 0 Å². The number of nitrogens with zero attached hydrogens (tertiary/aromatic N) is 3. The van der Waals surface area contributed by atoms with Crippen molar-refractivity contribution in [3.8, 4) is 11.3 Å². The number of benzene rings is 1. The minimum atomic E-state index is -5.08. The normalized spacial score (nSPS) is 12.9. The predicted molar refractivity (Wildman–Crippen MR) is 145 cm³/mol. The Morgan fingerprint density at radius 3 is 2.33 bits per heavy atom. The Kier molecular flexibility index (Phi) is 9.83. The summed E-state index contributed by atoms with van der Waals surface area (Å²) in [5, 5.41) is 10.00. The van der Waals surface area contributed by atoms with Crippen molar-refractivity contribution in [2.75, 3.05) is 40.8 Å². The third-order valence-electron chi connectivity index (χ3n) is 5.97. The summed E-state index contributed by atoms with van der Waals surface area (Å²) in [5.41, 5.74) is 6.06. The Balaban J connectivity index is 0.000000559. The zero-order valence-corrected chi connectivity index (χ0v) is 22.2. The number of nitrogens with one attached hydrogen (secondary N) is 2. The lowest BCUT2D eigenvalue weighted by Gasteiger charge is -2.19. The average molecular weight is 558 g/mol. The van der Waals surface area contributed by atoms with Crippen molar-refractivity contribution in [2.24, 2.45) is 0 Å². The van der Waals surface area contributed by atoms with Crippen molar-refractivity contribution in [1.82, 2.24) is 25.1 Å². The van der Waals surface area contributed by atoms with Crippen molar-refractivity contribution < 1.29 is 32.7 Å². The van der Waals surface area contributed by atoms with Crippen LogP contribution < -0.4 is 5.32 Å². The number of aliphatic carboxylic acids is 1. The van der Waals surface area contributed by atoms with Gasteiger partial charge in [-0.15, -0.1) is 0 Å². The minimum absolute atomic E-state index is 0.0177. The maximum Gasteiger partial charge on any atom is 0.490 e. The molecule has 0 spiro atoms. The average Bonchev–Trinajstić information content (AvgIpc) is 3.36. The smallest absolute Gasteiger partial charge is 0.475 e. The lowest BCUT2D eigenvalue weighted by molar-refractivity contribution is -0.192. The molecule has 0 saturated heterocycles. The topological polar surface area (TPSA) is 119 Å². The summed E-state index contributed by atoms with van der Waals surface area (Å²) in [5.74, 6) is -2.77. The van der Waals surface area contributed by atoms with E-state index in [0.29, 0.717) is 24.2 Å². The summed E-state index contributed by atoms with van der Waals surface area (Å²) in [6.45, 7) is 2.17. The van der Waals surface area contributed by atoms with Crippen LogP contribution in [-0.4, -0.2) is 89.6 Å². The van der Waals surface area contributed by atoms with E-state index in [9.17, 15) is 22.8 Å². The number of hydrogen-bond donors (Lipinski definition) is 3. The van der Waals surface area contributed by atoms with Crippen molar-refractivity contribution in [3.63, 3.8) is 0 Å². The molecule has 3 N–H and O–H groups in total. The quantitative estimate of drug-likeness (QED) is 0.407. The van der Waals surface area contributed by atoms with Crippen LogP contribution >= 0.6 is 0 Å². The number of rotatable bonds is 7. The molecule has 0 radical (unpaired) electrons. The first-order valence-electron chi connectivity index (χ1n) is 12.3. The molecule has 1 aromatic carbocycles. The van der Waals surface area contributed by atoms with Crippen molar-refractivity contribution in [3.05, 3.63) is 76.7 Å². The van der Waals surface area contributed by atoms with Gasteiger partial charge in [-0.25, -0.2) is 4.79 Å². The maximum atomic E-state index is 12.6. The van der Waals surface area contributed by atoms with Gasteiger partial charge in [0.15, 0.2) is 0 Å². The number of carboxylic acids is 1. The van der Waals surface area contributed by atoms with Gasteiger partial charge in [0.2, 0.25) is 0 Å². The predicted octanol–water partition coefficient (Wildman–Crippen LogP) is 3.80. The van der Waals surface area contributed by atoms with Crippen LogP contribution in [-0.2, 0) is 11.2 Å². The molecule has 1 aliphatic rings. The van der Waals surface area contributed by atoms with Gasteiger partial charge in [0.1, 0.15) is 0 Å². The zero-order valence-electron chi connectivity index (χ0n) is 22.2. The van der Waals surface area contributed by atoms with Crippen molar-refractivity contribution in [2.45, 2.75) is 12.6 Å². The Hall–Kier alpha value is -4.45. The van der Waals surface area contributed by atoms with Crippen LogP contribution in [0.4, 0.5) is 13.2 Å². The first-order valence-corrected chi connectivity index (χ1v) is 12.3. The summed E-state index contributed by atoms with van der Waals surface area (Å²) < 4.78 is 31.7. The number of halogens is 3.